The summed E-state index contributed by atoms with van der Waals surface area (Å²) in [5.74, 6) is 1.31. The maximum atomic E-state index is 12.3. The Kier molecular flexibility index (Phi) is 5.49. The molecular weight excluding hydrogens is 446 g/mol. The Balaban J connectivity index is 1.35. The number of carbonyl (C=O) groups excluding carboxylic acids is 1. The number of carbonyl (C=O) groups is 1. The molecule has 10 heteroatoms. The zero-order valence-corrected chi connectivity index (χ0v) is 19.1. The summed E-state index contributed by atoms with van der Waals surface area (Å²) in [7, 11) is 0. The highest BCUT2D eigenvalue weighted by molar-refractivity contribution is 5.94. The number of rotatable bonds is 6. The van der Waals surface area contributed by atoms with Gasteiger partial charge in [0, 0.05) is 30.3 Å². The SMILES string of the molecule is O=C(NC1CC1)c1ccc(Cn2nnc3c(N4CCOCC4)nc(-c4cccc(O)c4)nc32)cc1. The van der Waals surface area contributed by atoms with Crippen molar-refractivity contribution in [2.75, 3.05) is 31.2 Å². The van der Waals surface area contributed by atoms with Crippen LogP contribution >= 0.6 is 0 Å². The monoisotopic (exact) mass is 471 g/mol. The number of ether oxygens (including phenoxy) is 1. The second-order valence-corrected chi connectivity index (χ2v) is 8.88. The molecule has 0 atom stereocenters. The summed E-state index contributed by atoms with van der Waals surface area (Å²) in [5, 5.41) is 21.8. The number of aromatic hydroxyl groups is 1. The van der Waals surface area contributed by atoms with Crippen molar-refractivity contribution in [3.8, 4) is 17.1 Å². The fourth-order valence-corrected chi connectivity index (χ4v) is 4.15. The fourth-order valence-electron chi connectivity index (χ4n) is 4.15. The van der Waals surface area contributed by atoms with Gasteiger partial charge in [-0.2, -0.15) is 0 Å². The van der Waals surface area contributed by atoms with Crippen LogP contribution < -0.4 is 10.2 Å². The van der Waals surface area contributed by atoms with E-state index < -0.39 is 0 Å². The van der Waals surface area contributed by atoms with Gasteiger partial charge in [-0.25, -0.2) is 14.6 Å². The second-order valence-electron chi connectivity index (χ2n) is 8.88. The van der Waals surface area contributed by atoms with E-state index in [-0.39, 0.29) is 11.7 Å². The third kappa shape index (κ3) is 4.52. The van der Waals surface area contributed by atoms with Gasteiger partial charge in [-0.1, -0.05) is 29.5 Å². The number of hydrogen-bond donors (Lipinski definition) is 2. The Hall–Kier alpha value is -4.05. The highest BCUT2D eigenvalue weighted by atomic mass is 16.5. The highest BCUT2D eigenvalue weighted by Crippen LogP contribution is 2.28. The van der Waals surface area contributed by atoms with Crippen molar-refractivity contribution >= 4 is 22.9 Å². The van der Waals surface area contributed by atoms with Gasteiger partial charge >= 0.3 is 0 Å². The lowest BCUT2D eigenvalue weighted by Gasteiger charge is -2.28. The molecular formula is C25H25N7O3. The van der Waals surface area contributed by atoms with Crippen LogP contribution in [0.2, 0.25) is 0 Å². The minimum atomic E-state index is -0.0381. The van der Waals surface area contributed by atoms with E-state index >= 15 is 0 Å². The molecule has 35 heavy (non-hydrogen) atoms. The first-order chi connectivity index (χ1) is 17.1. The number of nitrogens with zero attached hydrogens (tertiary/aromatic N) is 6. The molecule has 1 saturated heterocycles. The highest BCUT2D eigenvalue weighted by Gasteiger charge is 2.24. The second kappa shape index (κ2) is 8.95. The number of nitrogens with one attached hydrogen (secondary N) is 1. The molecule has 10 nitrogen and oxygen atoms in total. The lowest BCUT2D eigenvalue weighted by atomic mass is 10.1. The molecule has 1 aliphatic heterocycles. The van der Waals surface area contributed by atoms with Crippen molar-refractivity contribution in [2.24, 2.45) is 0 Å². The molecule has 2 N–H and O–H groups in total. The van der Waals surface area contributed by atoms with E-state index in [1.165, 1.54) is 0 Å². The van der Waals surface area contributed by atoms with Gasteiger partial charge in [0.1, 0.15) is 5.75 Å². The van der Waals surface area contributed by atoms with Gasteiger partial charge in [-0.05, 0) is 42.7 Å². The molecule has 178 valence electrons. The first-order valence-corrected chi connectivity index (χ1v) is 11.8. The van der Waals surface area contributed by atoms with E-state index in [0.717, 1.165) is 18.4 Å². The fraction of sp³-hybridized carbons (Fsp3) is 0.320. The zero-order chi connectivity index (χ0) is 23.8. The van der Waals surface area contributed by atoms with Gasteiger partial charge in [-0.3, -0.25) is 4.79 Å². The zero-order valence-electron chi connectivity index (χ0n) is 19.1. The van der Waals surface area contributed by atoms with Crippen LogP contribution in [0, 0.1) is 0 Å². The summed E-state index contributed by atoms with van der Waals surface area (Å²) in [6.45, 7) is 3.06. The summed E-state index contributed by atoms with van der Waals surface area (Å²) in [6.07, 6.45) is 2.12. The average Bonchev–Trinajstić information content (AvgIpc) is 3.62. The third-order valence-electron chi connectivity index (χ3n) is 6.22. The molecule has 2 fully saturated rings. The maximum absolute atomic E-state index is 12.3. The minimum absolute atomic E-state index is 0.0381. The van der Waals surface area contributed by atoms with Crippen LogP contribution in [0.15, 0.2) is 48.5 Å². The largest absolute Gasteiger partial charge is 0.508 e. The molecule has 4 aromatic rings. The topological polar surface area (TPSA) is 118 Å². The molecule has 3 heterocycles. The van der Waals surface area contributed by atoms with Crippen LogP contribution in [0.5, 0.6) is 5.75 Å². The first kappa shape index (κ1) is 21.5. The lowest BCUT2D eigenvalue weighted by molar-refractivity contribution is 0.0951. The molecule has 1 saturated carbocycles. The van der Waals surface area contributed by atoms with E-state index in [1.54, 1.807) is 22.9 Å². The quantitative estimate of drug-likeness (QED) is 0.440. The summed E-state index contributed by atoms with van der Waals surface area (Å²) in [6, 6.07) is 14.7. The Morgan fingerprint density at radius 3 is 2.63 bits per heavy atom. The van der Waals surface area contributed by atoms with Crippen molar-refractivity contribution in [2.45, 2.75) is 25.4 Å². The van der Waals surface area contributed by atoms with E-state index in [4.69, 9.17) is 14.7 Å². The molecule has 0 bridgehead atoms. The smallest absolute Gasteiger partial charge is 0.251 e. The number of hydrogen-bond acceptors (Lipinski definition) is 8. The third-order valence-corrected chi connectivity index (χ3v) is 6.22. The minimum Gasteiger partial charge on any atom is -0.508 e. The summed E-state index contributed by atoms with van der Waals surface area (Å²) in [4.78, 5) is 24.0. The van der Waals surface area contributed by atoms with Gasteiger partial charge in [0.15, 0.2) is 22.8 Å². The molecule has 2 aliphatic rings. The Bertz CT molecular complexity index is 1380. The number of anilines is 1. The van der Waals surface area contributed by atoms with E-state index in [1.807, 2.05) is 30.3 Å². The number of benzene rings is 2. The molecule has 2 aromatic heterocycles. The predicted octanol–water partition coefficient (Wildman–Crippen LogP) is 2.37. The van der Waals surface area contributed by atoms with Crippen LogP contribution in [0.4, 0.5) is 5.82 Å². The number of phenols is 1. The van der Waals surface area contributed by atoms with Gasteiger partial charge in [0.05, 0.1) is 19.8 Å². The maximum Gasteiger partial charge on any atom is 0.251 e. The standard InChI is InChI=1S/C25H25N7O3/c33-20-3-1-2-18(14-20)22-27-23(31-10-12-35-13-11-31)21-24(28-22)32(30-29-21)15-16-4-6-17(7-5-16)25(34)26-19-8-9-19/h1-7,14,19,33H,8-13,15H2,(H,26,34). The van der Waals surface area contributed by atoms with Gasteiger partial charge in [0.25, 0.3) is 5.91 Å². The van der Waals surface area contributed by atoms with Crippen molar-refractivity contribution in [1.82, 2.24) is 30.3 Å². The van der Waals surface area contributed by atoms with E-state index in [2.05, 4.69) is 20.5 Å². The van der Waals surface area contributed by atoms with Gasteiger partial charge in [-0.15, -0.1) is 5.10 Å². The number of amides is 1. The number of phenolic OH excluding ortho intramolecular Hbond substituents is 1. The molecule has 0 spiro atoms. The summed E-state index contributed by atoms with van der Waals surface area (Å²) < 4.78 is 7.25. The number of aromatic nitrogens is 5. The van der Waals surface area contributed by atoms with Gasteiger partial charge in [0.2, 0.25) is 0 Å². The Labute approximate surface area is 201 Å². The van der Waals surface area contributed by atoms with Crippen LogP contribution in [0.3, 0.4) is 0 Å². The van der Waals surface area contributed by atoms with Gasteiger partial charge < -0.3 is 20.1 Å². The molecule has 6 rings (SSSR count). The van der Waals surface area contributed by atoms with Crippen LogP contribution in [-0.4, -0.2) is 68.3 Å². The Morgan fingerprint density at radius 1 is 1.09 bits per heavy atom. The molecule has 0 radical (unpaired) electrons. The number of morpholine rings is 1. The van der Waals surface area contributed by atoms with Crippen LogP contribution in [0.25, 0.3) is 22.6 Å². The first-order valence-electron chi connectivity index (χ1n) is 11.8. The predicted molar refractivity (Wildman–Crippen MR) is 129 cm³/mol. The van der Waals surface area contributed by atoms with Crippen molar-refractivity contribution in [1.29, 1.82) is 0 Å². The average molecular weight is 472 g/mol. The van der Waals surface area contributed by atoms with E-state index in [9.17, 15) is 9.90 Å². The normalized spacial score (nSPS) is 15.9. The van der Waals surface area contributed by atoms with Crippen molar-refractivity contribution in [3.63, 3.8) is 0 Å². The van der Waals surface area contributed by atoms with Crippen molar-refractivity contribution in [3.05, 3.63) is 59.7 Å². The van der Waals surface area contributed by atoms with Crippen LogP contribution in [-0.2, 0) is 11.3 Å². The summed E-state index contributed by atoms with van der Waals surface area (Å²) in [5.41, 5.74) is 3.56. The molecule has 2 aromatic carbocycles. The van der Waals surface area contributed by atoms with E-state index in [0.29, 0.717) is 72.8 Å². The van der Waals surface area contributed by atoms with Crippen molar-refractivity contribution < 1.29 is 14.6 Å². The molecule has 1 aliphatic carbocycles. The lowest BCUT2D eigenvalue weighted by Crippen LogP contribution is -2.37. The summed E-state index contributed by atoms with van der Waals surface area (Å²) >= 11 is 0. The molecule has 0 unspecified atom stereocenters. The Morgan fingerprint density at radius 2 is 1.89 bits per heavy atom. The van der Waals surface area contributed by atoms with Crippen LogP contribution in [0.1, 0.15) is 28.8 Å². The number of fused-ring (bicyclic) bond motifs is 1. The molecule has 1 amide bonds.